The summed E-state index contributed by atoms with van der Waals surface area (Å²) in [5.41, 5.74) is -1.11. The number of likely N-dealkylation sites (tertiary alicyclic amines) is 1. The lowest BCUT2D eigenvalue weighted by molar-refractivity contribution is -0.137. The molecule has 3 aromatic rings. The van der Waals surface area contributed by atoms with Crippen molar-refractivity contribution in [3.05, 3.63) is 64.2 Å². The summed E-state index contributed by atoms with van der Waals surface area (Å²) in [6, 6.07) is 5.97. The van der Waals surface area contributed by atoms with Gasteiger partial charge in [0.25, 0.3) is 5.91 Å². The van der Waals surface area contributed by atoms with Crippen LogP contribution in [0.3, 0.4) is 0 Å². The molecule has 1 aliphatic heterocycles. The van der Waals surface area contributed by atoms with E-state index in [1.54, 1.807) is 13.0 Å². The lowest BCUT2D eigenvalue weighted by Gasteiger charge is -2.37. The monoisotopic (exact) mass is 527 g/mol. The third kappa shape index (κ3) is 5.44. The van der Waals surface area contributed by atoms with Gasteiger partial charge in [-0.05, 0) is 55.7 Å². The molecule has 5 nitrogen and oxygen atoms in total. The second kappa shape index (κ2) is 9.40. The number of halogens is 5. The number of nitrogens with zero attached hydrogens (tertiary/aromatic N) is 2. The molecule has 2 heterocycles. The van der Waals surface area contributed by atoms with Crippen LogP contribution in [0.2, 0.25) is 5.02 Å². The van der Waals surface area contributed by atoms with E-state index in [0.717, 1.165) is 23.5 Å². The SMILES string of the molecule is C=C(C)C1(F)CCN(Cc2cc(Cl)cc(C(=O)Nc3nc4ccc(C(F)(F)F)cc4s3)c2O)CC1. The Labute approximate surface area is 208 Å². The van der Waals surface area contributed by atoms with Crippen molar-refractivity contribution in [1.29, 1.82) is 0 Å². The molecule has 35 heavy (non-hydrogen) atoms. The fourth-order valence-corrected chi connectivity index (χ4v) is 5.14. The van der Waals surface area contributed by atoms with Gasteiger partial charge < -0.3 is 5.11 Å². The summed E-state index contributed by atoms with van der Waals surface area (Å²) in [4.78, 5) is 19.0. The van der Waals surface area contributed by atoms with Crippen LogP contribution in [0, 0.1) is 0 Å². The van der Waals surface area contributed by atoms with Crippen molar-refractivity contribution < 1.29 is 27.5 Å². The molecule has 4 rings (SSSR count). The summed E-state index contributed by atoms with van der Waals surface area (Å²) >= 11 is 7.08. The number of aromatic nitrogens is 1. The summed E-state index contributed by atoms with van der Waals surface area (Å²) in [5.74, 6) is -0.977. The zero-order valence-corrected chi connectivity index (χ0v) is 20.2. The zero-order valence-electron chi connectivity index (χ0n) is 18.7. The second-order valence-corrected chi connectivity index (χ2v) is 10.1. The average molecular weight is 528 g/mol. The first-order chi connectivity index (χ1) is 16.4. The topological polar surface area (TPSA) is 65.5 Å². The molecular formula is C24H22ClF4N3O2S. The normalized spacial score (nSPS) is 16.4. The zero-order chi connectivity index (χ0) is 25.5. The Hall–Kier alpha value is -2.69. The predicted molar refractivity (Wildman–Crippen MR) is 129 cm³/mol. The van der Waals surface area contributed by atoms with Crippen LogP contribution in [0.1, 0.15) is 41.3 Å². The molecule has 1 aromatic heterocycles. The Kier molecular flexibility index (Phi) is 6.82. The lowest BCUT2D eigenvalue weighted by Crippen LogP contribution is -2.41. The first kappa shape index (κ1) is 25.4. The molecule has 1 amide bonds. The number of thiazole rings is 1. The molecule has 0 radical (unpaired) electrons. The molecule has 186 valence electrons. The van der Waals surface area contributed by atoms with Crippen molar-refractivity contribution in [3.63, 3.8) is 0 Å². The molecule has 0 bridgehead atoms. The van der Waals surface area contributed by atoms with E-state index >= 15 is 0 Å². The molecule has 2 N–H and O–H groups in total. The molecule has 0 aliphatic carbocycles. The molecule has 1 saturated heterocycles. The van der Waals surface area contributed by atoms with Crippen LogP contribution in [-0.4, -0.2) is 39.7 Å². The lowest BCUT2D eigenvalue weighted by atomic mass is 9.87. The van der Waals surface area contributed by atoms with Gasteiger partial charge in [-0.15, -0.1) is 0 Å². The molecule has 1 fully saturated rings. The Bertz CT molecular complexity index is 1300. The van der Waals surface area contributed by atoms with Crippen molar-refractivity contribution in [1.82, 2.24) is 9.88 Å². The third-order valence-electron chi connectivity index (χ3n) is 6.14. The number of phenolic OH excluding ortho intramolecular Hbond substituents is 1. The molecule has 0 unspecified atom stereocenters. The highest BCUT2D eigenvalue weighted by Gasteiger charge is 2.35. The van der Waals surface area contributed by atoms with Crippen molar-refractivity contribution in [2.75, 3.05) is 18.4 Å². The number of fused-ring (bicyclic) bond motifs is 1. The van der Waals surface area contributed by atoms with Crippen LogP contribution >= 0.6 is 22.9 Å². The van der Waals surface area contributed by atoms with E-state index in [2.05, 4.69) is 16.9 Å². The first-order valence-electron chi connectivity index (χ1n) is 10.7. The molecule has 11 heteroatoms. The highest BCUT2D eigenvalue weighted by molar-refractivity contribution is 7.22. The van der Waals surface area contributed by atoms with Gasteiger partial charge in [0.1, 0.15) is 11.4 Å². The van der Waals surface area contributed by atoms with Gasteiger partial charge in [-0.25, -0.2) is 9.37 Å². The predicted octanol–water partition coefficient (Wildman–Crippen LogP) is 6.81. The number of anilines is 1. The highest BCUT2D eigenvalue weighted by Crippen LogP contribution is 2.36. The quantitative estimate of drug-likeness (QED) is 0.283. The maximum atomic E-state index is 14.8. The molecule has 0 saturated carbocycles. The summed E-state index contributed by atoms with van der Waals surface area (Å²) in [6.07, 6.45) is -3.93. The number of phenols is 1. The van der Waals surface area contributed by atoms with E-state index in [9.17, 15) is 27.5 Å². The maximum absolute atomic E-state index is 14.8. The number of rotatable bonds is 5. The van der Waals surface area contributed by atoms with E-state index < -0.39 is 23.3 Å². The van der Waals surface area contributed by atoms with E-state index in [1.807, 2.05) is 4.90 Å². The van der Waals surface area contributed by atoms with Crippen LogP contribution in [0.15, 0.2) is 42.5 Å². The number of carbonyl (C=O) groups excluding carboxylic acids is 1. The summed E-state index contributed by atoms with van der Waals surface area (Å²) < 4.78 is 53.9. The fraction of sp³-hybridized carbons (Fsp3) is 0.333. The number of benzene rings is 2. The first-order valence-corrected chi connectivity index (χ1v) is 11.9. The van der Waals surface area contributed by atoms with Gasteiger partial charge in [0.15, 0.2) is 5.13 Å². The second-order valence-electron chi connectivity index (χ2n) is 8.64. The number of amides is 1. The Morgan fingerprint density at radius 3 is 2.60 bits per heavy atom. The van der Waals surface area contributed by atoms with Crippen molar-refractivity contribution >= 4 is 44.2 Å². The maximum Gasteiger partial charge on any atom is 0.416 e. The molecule has 1 aliphatic rings. The Morgan fingerprint density at radius 2 is 1.97 bits per heavy atom. The average Bonchev–Trinajstić information content (AvgIpc) is 3.18. The molecule has 0 spiro atoms. The van der Waals surface area contributed by atoms with Crippen molar-refractivity contribution in [3.8, 4) is 5.75 Å². The summed E-state index contributed by atoms with van der Waals surface area (Å²) in [7, 11) is 0. The number of allylic oxidation sites excluding steroid dienone is 1. The van der Waals surface area contributed by atoms with Crippen molar-refractivity contribution in [2.24, 2.45) is 0 Å². The number of aromatic hydroxyl groups is 1. The van der Waals surface area contributed by atoms with Crippen LogP contribution < -0.4 is 5.32 Å². The largest absolute Gasteiger partial charge is 0.507 e. The number of alkyl halides is 4. The van der Waals surface area contributed by atoms with Crippen LogP contribution in [0.4, 0.5) is 22.7 Å². The number of carbonyl (C=O) groups is 1. The van der Waals surface area contributed by atoms with Gasteiger partial charge in [0, 0.05) is 30.2 Å². The van der Waals surface area contributed by atoms with E-state index in [1.165, 1.54) is 12.1 Å². The Balaban J connectivity index is 1.51. The van der Waals surface area contributed by atoms with Crippen LogP contribution in [-0.2, 0) is 12.7 Å². The van der Waals surface area contributed by atoms with Crippen LogP contribution in [0.25, 0.3) is 10.2 Å². The van der Waals surface area contributed by atoms with E-state index in [4.69, 9.17) is 11.6 Å². The smallest absolute Gasteiger partial charge is 0.416 e. The highest BCUT2D eigenvalue weighted by atomic mass is 35.5. The fourth-order valence-electron chi connectivity index (χ4n) is 4.00. The minimum Gasteiger partial charge on any atom is -0.507 e. The van der Waals surface area contributed by atoms with Gasteiger partial charge in [-0.1, -0.05) is 29.5 Å². The van der Waals surface area contributed by atoms with E-state index in [0.29, 0.717) is 29.7 Å². The minimum atomic E-state index is -4.49. The van der Waals surface area contributed by atoms with Crippen molar-refractivity contribution in [2.45, 2.75) is 38.2 Å². The van der Waals surface area contributed by atoms with Gasteiger partial charge in [-0.2, -0.15) is 13.2 Å². The molecule has 0 atom stereocenters. The third-order valence-corrected chi connectivity index (χ3v) is 7.29. The van der Waals surface area contributed by atoms with Gasteiger partial charge >= 0.3 is 6.18 Å². The molecular weight excluding hydrogens is 506 g/mol. The summed E-state index contributed by atoms with van der Waals surface area (Å²) in [6.45, 7) is 6.56. The van der Waals surface area contributed by atoms with E-state index in [-0.39, 0.29) is 45.6 Å². The number of piperidine rings is 1. The number of nitrogens with one attached hydrogen (secondary N) is 1. The number of hydrogen-bond acceptors (Lipinski definition) is 5. The Morgan fingerprint density at radius 1 is 1.29 bits per heavy atom. The van der Waals surface area contributed by atoms with Crippen LogP contribution in [0.5, 0.6) is 5.75 Å². The van der Waals surface area contributed by atoms with Gasteiger partial charge in [-0.3, -0.25) is 15.0 Å². The minimum absolute atomic E-state index is 0.0837. The standard InChI is InChI=1S/C24H22ClF4N3O2S/c1-13(2)23(26)5-7-32(8-6-23)12-14-9-16(25)11-17(20(14)33)21(34)31-22-30-18-4-3-15(24(27,28)29)10-19(18)35-22/h3-4,9-11,33H,1,5-8,12H2,2H3,(H,30,31,34). The van der Waals surface area contributed by atoms with Gasteiger partial charge in [0.05, 0.1) is 21.3 Å². The number of hydrogen-bond donors (Lipinski definition) is 2. The molecule has 2 aromatic carbocycles. The summed E-state index contributed by atoms with van der Waals surface area (Å²) in [5, 5.41) is 13.6. The van der Waals surface area contributed by atoms with Gasteiger partial charge in [0.2, 0.25) is 0 Å².